The number of hydrogen-bond donors (Lipinski definition) is 3. The molecular weight excluding hydrogens is 360 g/mol. The number of methoxy groups -OCH3 is 1. The van der Waals surface area contributed by atoms with Gasteiger partial charge in [0, 0.05) is 25.8 Å². The Morgan fingerprint density at radius 2 is 1.96 bits per heavy atom. The molecule has 1 amide bonds. The zero-order valence-corrected chi connectivity index (χ0v) is 16.0. The van der Waals surface area contributed by atoms with E-state index in [9.17, 15) is 23.1 Å². The van der Waals surface area contributed by atoms with Crippen molar-refractivity contribution in [3.05, 3.63) is 29.8 Å². The molecule has 0 aliphatic carbocycles. The highest BCUT2D eigenvalue weighted by Crippen LogP contribution is 2.15. The zero-order valence-electron chi connectivity index (χ0n) is 15.2. The standard InChI is InChI=1S/C17H26N2O6S/c1-12(2)9-14(17(21)22)11-19-26(23,24)15-6-4-5-13(10-15)16(20)18-7-8-25-3/h4-6,10,12,14,19H,7-9,11H2,1-3H3,(H,18,20)(H,21,22). The highest BCUT2D eigenvalue weighted by Gasteiger charge is 2.23. The van der Waals surface area contributed by atoms with Crippen molar-refractivity contribution in [2.24, 2.45) is 11.8 Å². The van der Waals surface area contributed by atoms with Crippen LogP contribution in [0.1, 0.15) is 30.6 Å². The Morgan fingerprint density at radius 3 is 2.54 bits per heavy atom. The van der Waals surface area contributed by atoms with Crippen molar-refractivity contribution in [3.63, 3.8) is 0 Å². The third kappa shape index (κ3) is 7.11. The second-order valence-corrected chi connectivity index (χ2v) is 8.06. The number of ether oxygens (including phenoxy) is 1. The Balaban J connectivity index is 2.84. The lowest BCUT2D eigenvalue weighted by Gasteiger charge is -2.15. The molecule has 0 spiro atoms. The Kier molecular flexibility index (Phi) is 8.70. The summed E-state index contributed by atoms with van der Waals surface area (Å²) in [5.74, 6) is -2.15. The molecule has 0 fully saturated rings. The number of aliphatic carboxylic acids is 1. The van der Waals surface area contributed by atoms with Crippen molar-refractivity contribution in [1.82, 2.24) is 10.0 Å². The van der Waals surface area contributed by atoms with Crippen LogP contribution in [0, 0.1) is 11.8 Å². The van der Waals surface area contributed by atoms with Gasteiger partial charge in [0.25, 0.3) is 5.91 Å². The largest absolute Gasteiger partial charge is 0.481 e. The molecule has 0 aliphatic rings. The molecule has 1 rings (SSSR count). The second kappa shape index (κ2) is 10.2. The molecule has 1 aromatic rings. The van der Waals surface area contributed by atoms with Gasteiger partial charge in [-0.1, -0.05) is 19.9 Å². The van der Waals surface area contributed by atoms with Crippen LogP contribution in [0.2, 0.25) is 0 Å². The van der Waals surface area contributed by atoms with Crippen LogP contribution in [0.4, 0.5) is 0 Å². The van der Waals surface area contributed by atoms with Crippen LogP contribution in [0.3, 0.4) is 0 Å². The van der Waals surface area contributed by atoms with Crippen molar-refractivity contribution >= 4 is 21.9 Å². The number of nitrogens with one attached hydrogen (secondary N) is 2. The second-order valence-electron chi connectivity index (χ2n) is 6.29. The molecule has 146 valence electrons. The van der Waals surface area contributed by atoms with Gasteiger partial charge in [0.05, 0.1) is 17.4 Å². The highest BCUT2D eigenvalue weighted by atomic mass is 32.2. The lowest BCUT2D eigenvalue weighted by Crippen LogP contribution is -2.34. The van der Waals surface area contributed by atoms with E-state index >= 15 is 0 Å². The van der Waals surface area contributed by atoms with E-state index in [-0.39, 0.29) is 22.9 Å². The Hall–Kier alpha value is -1.97. The number of carboxylic acids is 1. The number of rotatable bonds is 11. The SMILES string of the molecule is COCCNC(=O)c1cccc(S(=O)(=O)NCC(CC(C)C)C(=O)O)c1. The summed E-state index contributed by atoms with van der Waals surface area (Å²) in [7, 11) is -2.42. The number of carbonyl (C=O) groups excluding carboxylic acids is 1. The van der Waals surface area contributed by atoms with Gasteiger partial charge in [0.2, 0.25) is 10.0 Å². The monoisotopic (exact) mass is 386 g/mol. The van der Waals surface area contributed by atoms with Crippen molar-refractivity contribution in [2.45, 2.75) is 25.2 Å². The van der Waals surface area contributed by atoms with Gasteiger partial charge in [0.1, 0.15) is 0 Å². The van der Waals surface area contributed by atoms with Gasteiger partial charge in [-0.15, -0.1) is 0 Å². The predicted molar refractivity (Wildman–Crippen MR) is 96.4 cm³/mol. The van der Waals surface area contributed by atoms with Gasteiger partial charge in [-0.2, -0.15) is 0 Å². The lowest BCUT2D eigenvalue weighted by molar-refractivity contribution is -0.142. The van der Waals surface area contributed by atoms with Crippen LogP contribution in [0.15, 0.2) is 29.2 Å². The van der Waals surface area contributed by atoms with E-state index < -0.39 is 27.8 Å². The van der Waals surface area contributed by atoms with Crippen LogP contribution in [-0.4, -0.2) is 52.2 Å². The third-order valence-corrected chi connectivity index (χ3v) is 5.04. The summed E-state index contributed by atoms with van der Waals surface area (Å²) in [5, 5.41) is 11.8. The summed E-state index contributed by atoms with van der Waals surface area (Å²) in [6.07, 6.45) is 0.361. The van der Waals surface area contributed by atoms with Crippen LogP contribution in [-0.2, 0) is 19.6 Å². The summed E-state index contributed by atoms with van der Waals surface area (Å²) >= 11 is 0. The number of hydrogen-bond acceptors (Lipinski definition) is 5. The van der Waals surface area contributed by atoms with Gasteiger partial charge in [-0.05, 0) is 30.5 Å². The first-order valence-corrected chi connectivity index (χ1v) is 9.75. The minimum Gasteiger partial charge on any atom is -0.481 e. The highest BCUT2D eigenvalue weighted by molar-refractivity contribution is 7.89. The van der Waals surface area contributed by atoms with Gasteiger partial charge in [0.15, 0.2) is 0 Å². The summed E-state index contributed by atoms with van der Waals surface area (Å²) < 4.78 is 32.0. The quantitative estimate of drug-likeness (QED) is 0.489. The fourth-order valence-corrected chi connectivity index (χ4v) is 3.43. The van der Waals surface area contributed by atoms with E-state index in [1.54, 1.807) is 0 Å². The maximum atomic E-state index is 12.4. The number of carboxylic acid groups (broad SMARTS) is 1. The molecule has 9 heteroatoms. The van der Waals surface area contributed by atoms with Crippen LogP contribution in [0.25, 0.3) is 0 Å². The molecule has 26 heavy (non-hydrogen) atoms. The molecule has 1 unspecified atom stereocenters. The zero-order chi connectivity index (χ0) is 19.7. The van der Waals surface area contributed by atoms with E-state index in [0.717, 1.165) is 0 Å². The maximum absolute atomic E-state index is 12.4. The minimum absolute atomic E-state index is 0.0921. The van der Waals surface area contributed by atoms with Crippen LogP contribution < -0.4 is 10.0 Å². The fraction of sp³-hybridized carbons (Fsp3) is 0.529. The van der Waals surface area contributed by atoms with Crippen LogP contribution in [0.5, 0.6) is 0 Å². The van der Waals surface area contributed by atoms with Gasteiger partial charge in [-0.25, -0.2) is 13.1 Å². The average molecular weight is 386 g/mol. The summed E-state index contributed by atoms with van der Waals surface area (Å²) in [5.41, 5.74) is 0.195. The molecule has 8 nitrogen and oxygen atoms in total. The van der Waals surface area contributed by atoms with Crippen molar-refractivity contribution in [2.75, 3.05) is 26.8 Å². The molecule has 1 aromatic carbocycles. The average Bonchev–Trinajstić information content (AvgIpc) is 2.58. The topological polar surface area (TPSA) is 122 Å². The van der Waals surface area contributed by atoms with Crippen molar-refractivity contribution < 1.29 is 27.9 Å². The molecule has 0 bridgehead atoms. The molecule has 0 aliphatic heterocycles. The van der Waals surface area contributed by atoms with Crippen molar-refractivity contribution in [1.29, 1.82) is 0 Å². The van der Waals surface area contributed by atoms with Gasteiger partial charge >= 0.3 is 5.97 Å². The lowest BCUT2D eigenvalue weighted by atomic mass is 9.98. The molecule has 0 heterocycles. The maximum Gasteiger partial charge on any atom is 0.307 e. The first-order valence-electron chi connectivity index (χ1n) is 8.27. The fourth-order valence-electron chi connectivity index (χ4n) is 2.31. The smallest absolute Gasteiger partial charge is 0.307 e. The summed E-state index contributed by atoms with van der Waals surface area (Å²) in [6.45, 7) is 4.18. The Morgan fingerprint density at radius 1 is 1.27 bits per heavy atom. The molecule has 0 aromatic heterocycles. The summed E-state index contributed by atoms with van der Waals surface area (Å²) in [6, 6.07) is 5.57. The predicted octanol–water partition coefficient (Wildman–Crippen LogP) is 1.09. The first kappa shape index (κ1) is 22.1. The number of amides is 1. The van der Waals surface area contributed by atoms with Crippen molar-refractivity contribution in [3.8, 4) is 0 Å². The molecule has 0 saturated carbocycles. The molecule has 3 N–H and O–H groups in total. The van der Waals surface area contributed by atoms with E-state index in [2.05, 4.69) is 10.0 Å². The van der Waals surface area contributed by atoms with E-state index in [0.29, 0.717) is 19.6 Å². The number of benzene rings is 1. The van der Waals surface area contributed by atoms with E-state index in [1.807, 2.05) is 13.8 Å². The first-order chi connectivity index (χ1) is 12.2. The molecule has 0 saturated heterocycles. The van der Waals surface area contributed by atoms with Gasteiger partial charge in [-0.3, -0.25) is 9.59 Å². The van der Waals surface area contributed by atoms with Gasteiger partial charge < -0.3 is 15.2 Å². The molecule has 1 atom stereocenters. The number of carbonyl (C=O) groups is 2. The van der Waals surface area contributed by atoms with E-state index in [1.165, 1.54) is 31.4 Å². The number of sulfonamides is 1. The Labute approximate surface area is 154 Å². The molecule has 0 radical (unpaired) electrons. The Bertz CT molecular complexity index is 718. The normalized spacial score (nSPS) is 12.8. The minimum atomic E-state index is -3.92. The molecular formula is C17H26N2O6S. The van der Waals surface area contributed by atoms with Crippen LogP contribution >= 0.6 is 0 Å². The third-order valence-electron chi connectivity index (χ3n) is 3.62. The summed E-state index contributed by atoms with van der Waals surface area (Å²) in [4.78, 5) is 23.2. The van der Waals surface area contributed by atoms with E-state index in [4.69, 9.17) is 4.74 Å².